The first-order valence-corrected chi connectivity index (χ1v) is 17.4. The maximum Gasteiger partial charge on any atom is 0.358 e. The molecule has 1 aliphatic carbocycles. The van der Waals surface area contributed by atoms with Crippen molar-refractivity contribution in [3.05, 3.63) is 81.6 Å². The molecule has 3 aromatic carbocycles. The molecule has 0 saturated heterocycles. The molecule has 0 bridgehead atoms. The van der Waals surface area contributed by atoms with Crippen molar-refractivity contribution < 1.29 is 33.3 Å². The predicted octanol–water partition coefficient (Wildman–Crippen LogP) is 6.24. The minimum absolute atomic E-state index is 0.0918. The van der Waals surface area contributed by atoms with Crippen molar-refractivity contribution >= 4 is 39.9 Å². The third kappa shape index (κ3) is 7.68. The van der Waals surface area contributed by atoms with Crippen molar-refractivity contribution in [1.82, 2.24) is 10.3 Å². The standard InChI is InChI=1S/C38H42N4O8S/c1-8-20(2)31(36(45)42-38-41-32(37(46)50-7)35(51-38)22-12-10-9-11-13-22)40-27-17-15-24-25(19-28(27)44)26(39-21(3)43)16-14-23-18-29(47-4)33(48-5)34(49-6)30(23)24/h9-13,15,17-20,26,31H,8,14,16H2,1-7H3,(H,39,43)(H,40,44)(H,41,42,45)/t20-,26+,31-/m0/s1. The highest BCUT2D eigenvalue weighted by atomic mass is 32.1. The zero-order valence-corrected chi connectivity index (χ0v) is 30.5. The maximum atomic E-state index is 14.0. The first kappa shape index (κ1) is 36.8. The Bertz CT molecular complexity index is 2000. The molecule has 3 N–H and O–H groups in total. The zero-order valence-electron chi connectivity index (χ0n) is 29.7. The van der Waals surface area contributed by atoms with Gasteiger partial charge in [-0.3, -0.25) is 14.4 Å². The molecule has 0 spiro atoms. The van der Waals surface area contributed by atoms with E-state index in [9.17, 15) is 19.2 Å². The van der Waals surface area contributed by atoms with Gasteiger partial charge >= 0.3 is 5.97 Å². The number of carbonyl (C=O) groups excluding carboxylic acids is 3. The van der Waals surface area contributed by atoms with Crippen LogP contribution >= 0.6 is 11.3 Å². The van der Waals surface area contributed by atoms with Gasteiger partial charge in [0, 0.05) is 12.5 Å². The van der Waals surface area contributed by atoms with Crippen LogP contribution in [0.1, 0.15) is 61.3 Å². The van der Waals surface area contributed by atoms with Crippen LogP contribution in [0.3, 0.4) is 0 Å². The van der Waals surface area contributed by atoms with E-state index >= 15 is 0 Å². The lowest BCUT2D eigenvalue weighted by molar-refractivity contribution is -0.120. The Hall–Kier alpha value is -5.43. The SMILES string of the molecule is CC[C@H](C)[C@H](Nc1ccc2c(cc1=O)[C@H](NC(C)=O)CCc1cc(OC)c(OC)c(OC)c1-2)C(=O)Nc1nc(C(=O)OC)c(-c2ccccc2)s1. The van der Waals surface area contributed by atoms with Crippen LogP contribution in [0.2, 0.25) is 0 Å². The van der Waals surface area contributed by atoms with E-state index in [1.165, 1.54) is 34.3 Å². The number of amides is 2. The molecule has 0 unspecified atom stereocenters. The molecule has 13 heteroatoms. The van der Waals surface area contributed by atoms with Gasteiger partial charge in [0.1, 0.15) is 6.04 Å². The molecule has 4 aromatic rings. The van der Waals surface area contributed by atoms with E-state index in [1.54, 1.807) is 19.2 Å². The number of nitrogens with one attached hydrogen (secondary N) is 3. The van der Waals surface area contributed by atoms with Crippen LogP contribution in [0.5, 0.6) is 17.2 Å². The van der Waals surface area contributed by atoms with Gasteiger partial charge in [-0.05, 0) is 59.2 Å². The Balaban J connectivity index is 1.57. The van der Waals surface area contributed by atoms with Crippen LogP contribution in [0.25, 0.3) is 21.6 Å². The molecule has 5 rings (SSSR count). The lowest BCUT2D eigenvalue weighted by atomic mass is 9.95. The van der Waals surface area contributed by atoms with Gasteiger partial charge in [0.15, 0.2) is 22.3 Å². The molecule has 0 saturated carbocycles. The largest absolute Gasteiger partial charge is 0.493 e. The Morgan fingerprint density at radius 1 is 0.980 bits per heavy atom. The number of rotatable bonds is 12. The van der Waals surface area contributed by atoms with Crippen LogP contribution < -0.4 is 35.6 Å². The minimum atomic E-state index is -0.854. The van der Waals surface area contributed by atoms with Gasteiger partial charge in [-0.25, -0.2) is 9.78 Å². The summed E-state index contributed by atoms with van der Waals surface area (Å²) in [5.41, 5.74) is 3.54. The summed E-state index contributed by atoms with van der Waals surface area (Å²) in [6.45, 7) is 5.30. The van der Waals surface area contributed by atoms with Crippen LogP contribution in [0.15, 0.2) is 59.4 Å². The van der Waals surface area contributed by atoms with Crippen LogP contribution in [-0.4, -0.2) is 57.2 Å². The Morgan fingerprint density at radius 3 is 2.33 bits per heavy atom. The van der Waals surface area contributed by atoms with Crippen LogP contribution in [0.4, 0.5) is 10.8 Å². The number of hydrogen-bond acceptors (Lipinski definition) is 11. The second kappa shape index (κ2) is 16.1. The minimum Gasteiger partial charge on any atom is -0.493 e. The molecular weight excluding hydrogens is 673 g/mol. The average molecular weight is 715 g/mol. The van der Waals surface area contributed by atoms with E-state index in [-0.39, 0.29) is 33.8 Å². The molecule has 1 aliphatic rings. The first-order valence-electron chi connectivity index (χ1n) is 16.5. The van der Waals surface area contributed by atoms with Crippen molar-refractivity contribution in [3.63, 3.8) is 0 Å². The highest BCUT2D eigenvalue weighted by Crippen LogP contribution is 2.50. The fourth-order valence-electron chi connectivity index (χ4n) is 6.27. The molecule has 51 heavy (non-hydrogen) atoms. The van der Waals surface area contributed by atoms with Crippen molar-refractivity contribution in [2.24, 2.45) is 5.92 Å². The van der Waals surface area contributed by atoms with Gasteiger partial charge < -0.3 is 34.9 Å². The van der Waals surface area contributed by atoms with Crippen molar-refractivity contribution in [3.8, 4) is 38.8 Å². The predicted molar refractivity (Wildman–Crippen MR) is 197 cm³/mol. The van der Waals surface area contributed by atoms with E-state index in [0.717, 1.165) is 28.0 Å². The van der Waals surface area contributed by atoms with Gasteiger partial charge in [-0.2, -0.15) is 0 Å². The van der Waals surface area contributed by atoms with Gasteiger partial charge in [0.25, 0.3) is 0 Å². The number of hydrogen-bond donors (Lipinski definition) is 3. The van der Waals surface area contributed by atoms with E-state index in [2.05, 4.69) is 20.9 Å². The summed E-state index contributed by atoms with van der Waals surface area (Å²) in [5.74, 6) is -0.174. The zero-order chi connectivity index (χ0) is 36.8. The van der Waals surface area contributed by atoms with Gasteiger partial charge in [0.05, 0.1) is 45.0 Å². The molecular formula is C38H42N4O8S. The molecule has 2 amide bonds. The number of carbonyl (C=O) groups is 3. The normalized spacial score (nSPS) is 14.5. The summed E-state index contributed by atoms with van der Waals surface area (Å²) >= 11 is 1.16. The lowest BCUT2D eigenvalue weighted by Gasteiger charge is -2.23. The summed E-state index contributed by atoms with van der Waals surface area (Å²) in [4.78, 5) is 57.9. The number of methoxy groups -OCH3 is 4. The number of esters is 1. The lowest BCUT2D eigenvalue weighted by Crippen LogP contribution is -2.40. The van der Waals surface area contributed by atoms with Crippen LogP contribution in [-0.2, 0) is 20.7 Å². The second-order valence-corrected chi connectivity index (χ2v) is 13.1. The molecule has 1 heterocycles. The Morgan fingerprint density at radius 2 is 1.71 bits per heavy atom. The highest BCUT2D eigenvalue weighted by molar-refractivity contribution is 7.19. The van der Waals surface area contributed by atoms with E-state index in [0.29, 0.717) is 52.5 Å². The molecule has 0 aliphatic heterocycles. The third-order valence-corrected chi connectivity index (χ3v) is 10.0. The van der Waals surface area contributed by atoms with Crippen molar-refractivity contribution in [2.75, 3.05) is 39.1 Å². The monoisotopic (exact) mass is 714 g/mol. The van der Waals surface area contributed by atoms with Crippen LogP contribution in [0, 0.1) is 5.92 Å². The van der Waals surface area contributed by atoms with E-state index < -0.39 is 24.0 Å². The summed E-state index contributed by atoms with van der Waals surface area (Å²) in [5, 5.41) is 9.30. The number of aromatic nitrogens is 1. The quantitative estimate of drug-likeness (QED) is 0.144. The number of ether oxygens (including phenoxy) is 4. The topological polar surface area (TPSA) is 154 Å². The fourth-order valence-corrected chi connectivity index (χ4v) is 7.23. The Kier molecular flexibility index (Phi) is 11.6. The average Bonchev–Trinajstić information content (AvgIpc) is 3.42. The fraction of sp³-hybridized carbons (Fsp3) is 0.342. The van der Waals surface area contributed by atoms with Crippen molar-refractivity contribution in [1.29, 1.82) is 0 Å². The van der Waals surface area contributed by atoms with Gasteiger partial charge in [-0.15, -0.1) is 0 Å². The third-order valence-electron chi connectivity index (χ3n) is 8.99. The summed E-state index contributed by atoms with van der Waals surface area (Å²) in [6.07, 6.45) is 1.69. The number of nitrogens with zero attached hydrogens (tertiary/aromatic N) is 1. The summed E-state index contributed by atoms with van der Waals surface area (Å²) < 4.78 is 22.2. The van der Waals surface area contributed by atoms with Crippen molar-refractivity contribution in [2.45, 2.75) is 52.1 Å². The number of fused-ring (bicyclic) bond motifs is 3. The number of thiazole rings is 1. The number of benzene rings is 2. The number of aryl methyl sites for hydroxylation is 1. The van der Waals surface area contributed by atoms with E-state index in [4.69, 9.17) is 18.9 Å². The first-order chi connectivity index (χ1) is 24.5. The molecule has 1 aromatic heterocycles. The summed E-state index contributed by atoms with van der Waals surface area (Å²) in [6, 6.07) is 14.7. The molecule has 0 radical (unpaired) electrons. The highest BCUT2D eigenvalue weighted by Gasteiger charge is 2.31. The molecule has 3 atom stereocenters. The van der Waals surface area contributed by atoms with E-state index in [1.807, 2.05) is 50.2 Å². The van der Waals surface area contributed by atoms with Gasteiger partial charge in [0.2, 0.25) is 23.0 Å². The summed E-state index contributed by atoms with van der Waals surface area (Å²) in [7, 11) is 5.89. The second-order valence-electron chi connectivity index (χ2n) is 12.1. The smallest absolute Gasteiger partial charge is 0.358 e. The Labute approximate surface area is 300 Å². The molecule has 12 nitrogen and oxygen atoms in total. The molecule has 268 valence electrons. The molecule has 0 fully saturated rings. The number of anilines is 2. The maximum absolute atomic E-state index is 14.0. The van der Waals surface area contributed by atoms with Gasteiger partial charge in [-0.1, -0.05) is 68.0 Å².